The first-order chi connectivity index (χ1) is 15.3. The molecule has 3 rings (SSSR count). The Morgan fingerprint density at radius 2 is 1.09 bits per heavy atom. The van der Waals surface area contributed by atoms with Gasteiger partial charge in [-0.1, -0.05) is 48.5 Å². The van der Waals surface area contributed by atoms with E-state index in [1.54, 1.807) is 0 Å². The number of rotatable bonds is 10. The van der Waals surface area contributed by atoms with Gasteiger partial charge in [-0.15, -0.1) is 0 Å². The van der Waals surface area contributed by atoms with Crippen LogP contribution in [0.15, 0.2) is 72.8 Å². The van der Waals surface area contributed by atoms with Crippen LogP contribution in [0.5, 0.6) is 0 Å². The van der Waals surface area contributed by atoms with Crippen LogP contribution < -0.4 is 15.5 Å². The largest absolute Gasteiger partial charge is 0.378 e. The molecule has 1 amide bonds. The molecule has 0 aliphatic heterocycles. The van der Waals surface area contributed by atoms with Crippen molar-refractivity contribution in [3.05, 3.63) is 95.1 Å². The third-order valence-corrected chi connectivity index (χ3v) is 5.94. The number of anilines is 2. The lowest BCUT2D eigenvalue weighted by Gasteiger charge is -2.22. The predicted molar refractivity (Wildman–Crippen MR) is 136 cm³/mol. The summed E-state index contributed by atoms with van der Waals surface area (Å²) in [5, 5.41) is 0. The summed E-state index contributed by atoms with van der Waals surface area (Å²) in [6, 6.07) is 26.6. The first-order valence-electron chi connectivity index (χ1n) is 11.3. The number of nitrogens with two attached hydrogens (primary N) is 1. The number of hydrogen-bond donors (Lipinski definition) is 1. The first-order valence-corrected chi connectivity index (χ1v) is 11.3. The average Bonchev–Trinajstić information content (AvgIpc) is 2.78. The number of carbonyl (C=O) groups excluding carboxylic acids is 1. The molecule has 0 aliphatic rings. The molecule has 3 aromatic carbocycles. The van der Waals surface area contributed by atoms with E-state index in [1.807, 2.05) is 0 Å². The zero-order chi connectivity index (χ0) is 23.1. The molecule has 0 unspecified atom stereocenters. The molecular weight excluding hydrogens is 394 g/mol. The van der Waals surface area contributed by atoms with Crippen LogP contribution in [0.2, 0.25) is 0 Å². The van der Waals surface area contributed by atoms with Crippen LogP contribution in [0.1, 0.15) is 47.4 Å². The van der Waals surface area contributed by atoms with Gasteiger partial charge in [0, 0.05) is 51.9 Å². The fourth-order valence-electron chi connectivity index (χ4n) is 4.01. The molecule has 0 aliphatic carbocycles. The van der Waals surface area contributed by atoms with Gasteiger partial charge in [0.25, 0.3) is 0 Å². The molecule has 0 radical (unpaired) electrons. The van der Waals surface area contributed by atoms with Crippen molar-refractivity contribution in [3.63, 3.8) is 0 Å². The Morgan fingerprint density at radius 3 is 1.47 bits per heavy atom. The Labute approximate surface area is 192 Å². The van der Waals surface area contributed by atoms with E-state index in [4.69, 9.17) is 5.73 Å². The van der Waals surface area contributed by atoms with Gasteiger partial charge < -0.3 is 15.5 Å². The van der Waals surface area contributed by atoms with E-state index in [-0.39, 0.29) is 11.8 Å². The maximum Gasteiger partial charge on any atom is 0.217 e. The number of carbonyl (C=O) groups is 1. The minimum atomic E-state index is -0.219. The Balaban J connectivity index is 1.87. The van der Waals surface area contributed by atoms with Crippen LogP contribution in [0.25, 0.3) is 0 Å². The highest BCUT2D eigenvalue weighted by molar-refractivity contribution is 5.73. The number of primary amides is 1. The molecule has 32 heavy (non-hydrogen) atoms. The number of hydrogen-bond acceptors (Lipinski definition) is 3. The van der Waals surface area contributed by atoms with Crippen LogP contribution in [-0.4, -0.2) is 34.1 Å². The lowest BCUT2D eigenvalue weighted by molar-refractivity contribution is -0.118. The molecule has 4 nitrogen and oxygen atoms in total. The smallest absolute Gasteiger partial charge is 0.217 e. The molecule has 168 valence electrons. The fourth-order valence-corrected chi connectivity index (χ4v) is 4.01. The van der Waals surface area contributed by atoms with Gasteiger partial charge in [0.2, 0.25) is 5.91 Å². The Kier molecular flexibility index (Phi) is 7.93. The standard InChI is InChI=1S/C28H35N3O/c1-30(2)25-17-13-23(14-18-25)28(24-15-19-26(20-16-24)31(3)4)22-11-9-21(10-12-22)7-5-6-8-27(29)32/h9-20,28H,5-8H2,1-4H3,(H2,29,32). The summed E-state index contributed by atoms with van der Waals surface area (Å²) in [6.07, 6.45) is 3.25. The zero-order valence-corrected chi connectivity index (χ0v) is 19.7. The van der Waals surface area contributed by atoms with Crippen molar-refractivity contribution in [2.45, 2.75) is 31.6 Å². The van der Waals surface area contributed by atoms with Crippen LogP contribution in [-0.2, 0) is 11.2 Å². The first kappa shape index (κ1) is 23.4. The topological polar surface area (TPSA) is 49.6 Å². The second-order valence-corrected chi connectivity index (χ2v) is 8.82. The minimum Gasteiger partial charge on any atom is -0.378 e. The highest BCUT2D eigenvalue weighted by Crippen LogP contribution is 2.34. The van der Waals surface area contributed by atoms with Gasteiger partial charge in [-0.05, 0) is 65.8 Å². The maximum absolute atomic E-state index is 10.9. The molecule has 0 aromatic heterocycles. The number of aryl methyl sites for hydroxylation is 1. The van der Waals surface area contributed by atoms with Gasteiger partial charge in [0.05, 0.1) is 0 Å². The summed E-state index contributed by atoms with van der Waals surface area (Å²) in [5.74, 6) is -0.0462. The third kappa shape index (κ3) is 6.13. The van der Waals surface area contributed by atoms with Crippen LogP contribution in [0.4, 0.5) is 11.4 Å². The van der Waals surface area contributed by atoms with E-state index in [1.165, 1.54) is 33.6 Å². The molecule has 0 bridgehead atoms. The highest BCUT2D eigenvalue weighted by Gasteiger charge is 2.17. The highest BCUT2D eigenvalue weighted by atomic mass is 16.1. The fraction of sp³-hybridized carbons (Fsp3) is 0.321. The average molecular weight is 430 g/mol. The van der Waals surface area contributed by atoms with Crippen molar-refractivity contribution in [1.29, 1.82) is 0 Å². The van der Waals surface area contributed by atoms with Crippen molar-refractivity contribution in [2.75, 3.05) is 38.0 Å². The zero-order valence-electron chi connectivity index (χ0n) is 19.7. The number of amides is 1. The normalized spacial score (nSPS) is 10.9. The van der Waals surface area contributed by atoms with Crippen molar-refractivity contribution in [3.8, 4) is 0 Å². The molecule has 2 N–H and O–H groups in total. The molecule has 0 spiro atoms. The van der Waals surface area contributed by atoms with Crippen LogP contribution >= 0.6 is 0 Å². The summed E-state index contributed by atoms with van der Waals surface area (Å²) >= 11 is 0. The summed E-state index contributed by atoms with van der Waals surface area (Å²) in [6.45, 7) is 0. The van der Waals surface area contributed by atoms with E-state index >= 15 is 0 Å². The van der Waals surface area contributed by atoms with Crippen molar-refractivity contribution >= 4 is 17.3 Å². The van der Waals surface area contributed by atoms with Gasteiger partial charge >= 0.3 is 0 Å². The van der Waals surface area contributed by atoms with Gasteiger partial charge in [0.1, 0.15) is 0 Å². The van der Waals surface area contributed by atoms with Crippen LogP contribution in [0, 0.1) is 0 Å². The molecule has 0 saturated heterocycles. The number of benzene rings is 3. The number of nitrogens with zero attached hydrogens (tertiary/aromatic N) is 2. The second-order valence-electron chi connectivity index (χ2n) is 8.82. The quantitative estimate of drug-likeness (QED) is 0.356. The molecular formula is C28H35N3O. The SMILES string of the molecule is CN(C)c1ccc(C(c2ccc(CCCCC(N)=O)cc2)c2ccc(N(C)C)cc2)cc1. The summed E-state index contributed by atoms with van der Waals surface area (Å²) in [7, 11) is 8.26. The van der Waals surface area contributed by atoms with E-state index < -0.39 is 0 Å². The molecule has 4 heteroatoms. The van der Waals surface area contributed by atoms with Gasteiger partial charge in [-0.25, -0.2) is 0 Å². The predicted octanol–water partition coefficient (Wildman–Crippen LogP) is 5.20. The second kappa shape index (κ2) is 10.9. The van der Waals surface area contributed by atoms with Crippen molar-refractivity contribution < 1.29 is 4.79 Å². The molecule has 0 saturated carbocycles. The van der Waals surface area contributed by atoms with Crippen molar-refractivity contribution in [2.24, 2.45) is 5.73 Å². The van der Waals surface area contributed by atoms with Gasteiger partial charge in [-0.3, -0.25) is 4.79 Å². The van der Waals surface area contributed by atoms with Crippen molar-refractivity contribution in [1.82, 2.24) is 0 Å². The minimum absolute atomic E-state index is 0.173. The monoisotopic (exact) mass is 429 g/mol. The third-order valence-electron chi connectivity index (χ3n) is 5.94. The molecule has 0 atom stereocenters. The van der Waals surface area contributed by atoms with Gasteiger partial charge in [0.15, 0.2) is 0 Å². The Morgan fingerprint density at radius 1 is 0.688 bits per heavy atom. The van der Waals surface area contributed by atoms with E-state index in [0.717, 1.165) is 19.3 Å². The molecule has 3 aromatic rings. The summed E-state index contributed by atoms with van der Waals surface area (Å²) in [4.78, 5) is 15.2. The summed E-state index contributed by atoms with van der Waals surface area (Å²) < 4.78 is 0. The Bertz CT molecular complexity index is 939. The van der Waals surface area contributed by atoms with Crippen LogP contribution in [0.3, 0.4) is 0 Å². The molecule has 0 heterocycles. The van der Waals surface area contributed by atoms with E-state index in [9.17, 15) is 4.79 Å². The lowest BCUT2D eigenvalue weighted by Crippen LogP contribution is -2.10. The Hall–Kier alpha value is -3.27. The number of unbranched alkanes of at least 4 members (excludes halogenated alkanes) is 1. The van der Waals surface area contributed by atoms with E-state index in [2.05, 4.69) is 111 Å². The lowest BCUT2D eigenvalue weighted by atomic mass is 9.84. The van der Waals surface area contributed by atoms with E-state index in [0.29, 0.717) is 6.42 Å². The summed E-state index contributed by atoms with van der Waals surface area (Å²) in [5.41, 5.74) is 12.8. The molecule has 0 fully saturated rings. The van der Waals surface area contributed by atoms with Gasteiger partial charge in [-0.2, -0.15) is 0 Å². The maximum atomic E-state index is 10.9.